The predicted octanol–water partition coefficient (Wildman–Crippen LogP) is 5.35. The number of hydrogen-bond acceptors (Lipinski definition) is 2. The number of furan rings is 1. The van der Waals surface area contributed by atoms with E-state index in [0.717, 1.165) is 22.4 Å². The van der Waals surface area contributed by atoms with E-state index in [0.29, 0.717) is 0 Å². The van der Waals surface area contributed by atoms with Crippen molar-refractivity contribution in [1.29, 1.82) is 0 Å². The van der Waals surface area contributed by atoms with Gasteiger partial charge in [0.05, 0.1) is 0 Å². The van der Waals surface area contributed by atoms with Crippen LogP contribution in [0.2, 0.25) is 0 Å². The molecule has 1 atom stereocenters. The second kappa shape index (κ2) is 6.04. The first kappa shape index (κ1) is 14.4. The third kappa shape index (κ3) is 2.89. The molecule has 108 valence electrons. The van der Waals surface area contributed by atoms with Crippen molar-refractivity contribution in [2.24, 2.45) is 0 Å². The Labute approximate surface area is 133 Å². The fourth-order valence-electron chi connectivity index (χ4n) is 2.63. The molecule has 0 amide bonds. The summed E-state index contributed by atoms with van der Waals surface area (Å²) in [6.45, 7) is 5.00. The Morgan fingerprint density at radius 1 is 1.10 bits per heavy atom. The molecule has 2 aromatic carbocycles. The minimum Gasteiger partial charge on any atom is -0.461 e. The zero-order valence-corrected chi connectivity index (χ0v) is 13.8. The molecule has 0 aliphatic carbocycles. The summed E-state index contributed by atoms with van der Waals surface area (Å²) in [7, 11) is 0. The molecule has 21 heavy (non-hydrogen) atoms. The van der Waals surface area contributed by atoms with Gasteiger partial charge in [0.1, 0.15) is 11.3 Å². The Bertz CT molecular complexity index is 763. The van der Waals surface area contributed by atoms with Gasteiger partial charge in [-0.25, -0.2) is 0 Å². The highest BCUT2D eigenvalue weighted by molar-refractivity contribution is 9.10. The molecule has 3 aromatic rings. The summed E-state index contributed by atoms with van der Waals surface area (Å²) < 4.78 is 6.95. The van der Waals surface area contributed by atoms with Crippen LogP contribution in [0.1, 0.15) is 29.9 Å². The van der Waals surface area contributed by atoms with Gasteiger partial charge in [-0.3, -0.25) is 0 Å². The van der Waals surface area contributed by atoms with Crippen molar-refractivity contribution in [3.8, 4) is 0 Å². The van der Waals surface area contributed by atoms with Gasteiger partial charge in [-0.05, 0) is 31.5 Å². The first-order chi connectivity index (χ1) is 10.2. The molecule has 0 radical (unpaired) electrons. The molecule has 3 rings (SSSR count). The van der Waals surface area contributed by atoms with Crippen molar-refractivity contribution in [1.82, 2.24) is 5.32 Å². The van der Waals surface area contributed by atoms with Crippen LogP contribution < -0.4 is 5.32 Å². The number of hydrogen-bond donors (Lipinski definition) is 1. The second-order valence-corrected chi connectivity index (χ2v) is 6.11. The lowest BCUT2D eigenvalue weighted by Crippen LogP contribution is -2.18. The van der Waals surface area contributed by atoms with Crippen LogP contribution in [-0.2, 0) is 6.54 Å². The minimum absolute atomic E-state index is 0.272. The molecule has 1 N–H and O–H groups in total. The average Bonchev–Trinajstić information content (AvgIpc) is 2.81. The maximum absolute atomic E-state index is 5.81. The molecule has 3 heteroatoms. The van der Waals surface area contributed by atoms with Gasteiger partial charge in [0.2, 0.25) is 0 Å². The van der Waals surface area contributed by atoms with Crippen LogP contribution in [-0.4, -0.2) is 0 Å². The van der Waals surface area contributed by atoms with Crippen molar-refractivity contribution in [3.05, 3.63) is 69.9 Å². The Balaban J connectivity index is 1.81. The predicted molar refractivity (Wildman–Crippen MR) is 90.3 cm³/mol. The lowest BCUT2D eigenvalue weighted by Gasteiger charge is -2.15. The van der Waals surface area contributed by atoms with E-state index in [-0.39, 0.29) is 6.04 Å². The van der Waals surface area contributed by atoms with Crippen molar-refractivity contribution < 1.29 is 4.42 Å². The first-order valence-corrected chi connectivity index (χ1v) is 7.91. The van der Waals surface area contributed by atoms with E-state index >= 15 is 0 Å². The van der Waals surface area contributed by atoms with Crippen LogP contribution >= 0.6 is 15.9 Å². The number of rotatable bonds is 4. The number of para-hydroxylation sites is 1. The number of halogens is 1. The number of aryl methyl sites for hydroxylation is 1. The molecule has 0 spiro atoms. The molecule has 1 aromatic heterocycles. The van der Waals surface area contributed by atoms with E-state index in [1.54, 1.807) is 0 Å². The van der Waals surface area contributed by atoms with Crippen LogP contribution in [0.4, 0.5) is 0 Å². The second-order valence-electron chi connectivity index (χ2n) is 5.26. The maximum Gasteiger partial charge on any atom is 0.134 e. The van der Waals surface area contributed by atoms with Gasteiger partial charge in [0.15, 0.2) is 0 Å². The fourth-order valence-corrected chi connectivity index (χ4v) is 3.26. The van der Waals surface area contributed by atoms with E-state index < -0.39 is 0 Å². The van der Waals surface area contributed by atoms with Gasteiger partial charge in [-0.15, -0.1) is 0 Å². The van der Waals surface area contributed by atoms with Gasteiger partial charge in [-0.2, -0.15) is 0 Å². The van der Waals surface area contributed by atoms with Crippen molar-refractivity contribution >= 4 is 26.9 Å². The lowest BCUT2D eigenvalue weighted by molar-refractivity contribution is 0.543. The smallest absolute Gasteiger partial charge is 0.134 e. The van der Waals surface area contributed by atoms with Gasteiger partial charge in [-0.1, -0.05) is 52.3 Å². The zero-order chi connectivity index (χ0) is 14.8. The van der Waals surface area contributed by atoms with Crippen LogP contribution in [0, 0.1) is 6.92 Å². The van der Waals surface area contributed by atoms with Crippen LogP contribution in [0.25, 0.3) is 11.0 Å². The summed E-state index contributed by atoms with van der Waals surface area (Å²) in [5.41, 5.74) is 3.47. The van der Waals surface area contributed by atoms with E-state index in [2.05, 4.69) is 58.5 Å². The molecule has 0 bridgehead atoms. The molecular weight excluding hydrogens is 326 g/mol. The molecule has 0 aliphatic heterocycles. The Kier molecular flexibility index (Phi) is 4.13. The van der Waals surface area contributed by atoms with Crippen molar-refractivity contribution in [2.75, 3.05) is 0 Å². The average molecular weight is 344 g/mol. The number of benzene rings is 2. The summed E-state index contributed by atoms with van der Waals surface area (Å²) in [5, 5.41) is 4.78. The van der Waals surface area contributed by atoms with Crippen LogP contribution in [0.3, 0.4) is 0 Å². The topological polar surface area (TPSA) is 25.2 Å². The molecule has 0 saturated carbocycles. The summed E-state index contributed by atoms with van der Waals surface area (Å²) in [6, 6.07) is 16.8. The summed E-state index contributed by atoms with van der Waals surface area (Å²) in [4.78, 5) is 0. The normalized spacial score (nSPS) is 12.7. The highest BCUT2D eigenvalue weighted by Gasteiger charge is 2.13. The SMILES string of the molecule is Cc1oc2ccccc2c1CN[C@H](C)c1ccccc1Br. The third-order valence-electron chi connectivity index (χ3n) is 3.86. The van der Waals surface area contributed by atoms with E-state index in [9.17, 15) is 0 Å². The molecule has 0 aliphatic rings. The third-order valence-corrected chi connectivity index (χ3v) is 4.58. The molecule has 0 unspecified atom stereocenters. The van der Waals surface area contributed by atoms with Gasteiger partial charge < -0.3 is 9.73 Å². The fraction of sp³-hybridized carbons (Fsp3) is 0.222. The molecule has 0 saturated heterocycles. The van der Waals surface area contributed by atoms with Gasteiger partial charge in [0, 0.05) is 28.0 Å². The molecule has 1 heterocycles. The van der Waals surface area contributed by atoms with E-state index in [4.69, 9.17) is 4.42 Å². The molecular formula is C18H18BrNO. The monoisotopic (exact) mass is 343 g/mol. The van der Waals surface area contributed by atoms with Crippen LogP contribution in [0.5, 0.6) is 0 Å². The quantitative estimate of drug-likeness (QED) is 0.690. The maximum atomic E-state index is 5.81. The van der Waals surface area contributed by atoms with Gasteiger partial charge >= 0.3 is 0 Å². The summed E-state index contributed by atoms with van der Waals surface area (Å²) >= 11 is 3.61. The highest BCUT2D eigenvalue weighted by Crippen LogP contribution is 2.27. The summed E-state index contributed by atoms with van der Waals surface area (Å²) in [6.07, 6.45) is 0. The minimum atomic E-state index is 0.272. The van der Waals surface area contributed by atoms with Crippen LogP contribution in [0.15, 0.2) is 57.4 Å². The van der Waals surface area contributed by atoms with Gasteiger partial charge in [0.25, 0.3) is 0 Å². The van der Waals surface area contributed by atoms with E-state index in [1.807, 2.05) is 25.1 Å². The highest BCUT2D eigenvalue weighted by atomic mass is 79.9. The molecule has 0 fully saturated rings. The lowest BCUT2D eigenvalue weighted by atomic mass is 10.1. The van der Waals surface area contributed by atoms with Crippen molar-refractivity contribution in [2.45, 2.75) is 26.4 Å². The first-order valence-electron chi connectivity index (χ1n) is 7.11. The largest absolute Gasteiger partial charge is 0.461 e. The van der Waals surface area contributed by atoms with Crippen molar-refractivity contribution in [3.63, 3.8) is 0 Å². The number of fused-ring (bicyclic) bond motifs is 1. The standard InChI is InChI=1S/C18H18BrNO/c1-12(14-7-3-5-9-17(14)19)20-11-16-13(2)21-18-10-6-4-8-15(16)18/h3-10,12,20H,11H2,1-2H3/t12-/m1/s1. The summed E-state index contributed by atoms with van der Waals surface area (Å²) in [5.74, 6) is 0.989. The Morgan fingerprint density at radius 3 is 2.62 bits per heavy atom. The number of nitrogens with one attached hydrogen (secondary N) is 1. The Hall–Kier alpha value is -1.58. The Morgan fingerprint density at radius 2 is 1.81 bits per heavy atom. The zero-order valence-electron chi connectivity index (χ0n) is 12.2. The van der Waals surface area contributed by atoms with E-state index in [1.165, 1.54) is 16.5 Å². The molecule has 2 nitrogen and oxygen atoms in total.